The quantitative estimate of drug-likeness (QED) is 0.785. The lowest BCUT2D eigenvalue weighted by Crippen LogP contribution is -2.36. The number of aromatic nitrogens is 4. The molecule has 19 heavy (non-hydrogen) atoms. The Balaban J connectivity index is 2.56. The highest BCUT2D eigenvalue weighted by atomic mass is 35.5. The van der Waals surface area contributed by atoms with Crippen LogP contribution >= 0.6 is 11.6 Å². The fourth-order valence-corrected chi connectivity index (χ4v) is 2.18. The molecule has 2 aromatic rings. The monoisotopic (exact) mass is 283 g/mol. The summed E-state index contributed by atoms with van der Waals surface area (Å²) in [5, 5.41) is 4.69. The number of fused-ring (bicyclic) bond motifs is 1. The zero-order valence-electron chi connectivity index (χ0n) is 11.6. The molecule has 0 bridgehead atoms. The Bertz CT molecular complexity index is 568. The molecular weight excluding hydrogens is 266 g/mol. The van der Waals surface area contributed by atoms with Crippen LogP contribution in [0.15, 0.2) is 6.33 Å². The maximum absolute atomic E-state index is 6.18. The molecule has 0 aromatic carbocycles. The summed E-state index contributed by atoms with van der Waals surface area (Å²) < 4.78 is 6.89. The van der Waals surface area contributed by atoms with E-state index in [1.807, 2.05) is 6.92 Å². The minimum atomic E-state index is 0.291. The zero-order chi connectivity index (χ0) is 14.0. The number of rotatable bonds is 5. The average Bonchev–Trinajstić information content (AvgIpc) is 2.81. The van der Waals surface area contributed by atoms with Crippen molar-refractivity contribution in [2.75, 3.05) is 25.2 Å². The first kappa shape index (κ1) is 14.0. The topological polar surface area (TPSA) is 55.5 Å². The second-order valence-corrected chi connectivity index (χ2v) is 4.96. The molecule has 0 amide bonds. The Morgan fingerprint density at radius 3 is 2.84 bits per heavy atom. The number of halogens is 1. The van der Waals surface area contributed by atoms with Gasteiger partial charge < -0.3 is 9.64 Å². The molecule has 0 atom stereocenters. The second-order valence-electron chi connectivity index (χ2n) is 4.60. The van der Waals surface area contributed by atoms with Gasteiger partial charge in [0, 0.05) is 25.3 Å². The Labute approximate surface area is 117 Å². The van der Waals surface area contributed by atoms with Crippen LogP contribution in [-0.4, -0.2) is 45.9 Å². The minimum absolute atomic E-state index is 0.291. The van der Waals surface area contributed by atoms with Crippen molar-refractivity contribution in [1.82, 2.24) is 19.6 Å². The van der Waals surface area contributed by atoms with Crippen molar-refractivity contribution < 1.29 is 4.74 Å². The fraction of sp³-hybridized carbons (Fsp3) is 0.583. The van der Waals surface area contributed by atoms with Crippen molar-refractivity contribution in [3.05, 3.63) is 17.0 Å². The van der Waals surface area contributed by atoms with Gasteiger partial charge in [0.25, 0.3) is 5.78 Å². The summed E-state index contributed by atoms with van der Waals surface area (Å²) in [6, 6.07) is 0.291. The van der Waals surface area contributed by atoms with Crippen molar-refractivity contribution in [3.63, 3.8) is 0 Å². The summed E-state index contributed by atoms with van der Waals surface area (Å²) in [5.41, 5.74) is 0.893. The third-order valence-corrected chi connectivity index (χ3v) is 3.37. The van der Waals surface area contributed by atoms with Crippen LogP contribution in [0, 0.1) is 6.92 Å². The molecule has 0 aliphatic heterocycles. The highest BCUT2D eigenvalue weighted by molar-refractivity contribution is 6.30. The zero-order valence-corrected chi connectivity index (χ0v) is 12.3. The molecule has 104 valence electrons. The SMILES string of the molecule is COCCN(c1c(C)c(Cl)nc2ncnn12)C(C)C. The van der Waals surface area contributed by atoms with E-state index in [2.05, 4.69) is 33.8 Å². The lowest BCUT2D eigenvalue weighted by molar-refractivity contribution is 0.203. The molecule has 0 N–H and O–H groups in total. The molecule has 2 heterocycles. The van der Waals surface area contributed by atoms with Gasteiger partial charge in [-0.1, -0.05) is 11.6 Å². The standard InChI is InChI=1S/C12H18ClN5O/c1-8(2)17(5-6-19-4)11-9(3)10(13)16-12-14-7-15-18(11)12/h7-8H,5-6H2,1-4H3. The van der Waals surface area contributed by atoms with Crippen LogP contribution in [0.2, 0.25) is 5.15 Å². The molecule has 0 unspecified atom stereocenters. The first-order valence-electron chi connectivity index (χ1n) is 6.17. The van der Waals surface area contributed by atoms with E-state index >= 15 is 0 Å². The van der Waals surface area contributed by atoms with Crippen LogP contribution in [-0.2, 0) is 4.74 Å². The number of nitrogens with zero attached hydrogens (tertiary/aromatic N) is 5. The molecule has 0 spiro atoms. The van der Waals surface area contributed by atoms with E-state index < -0.39 is 0 Å². The summed E-state index contributed by atoms with van der Waals surface area (Å²) in [7, 11) is 1.69. The first-order valence-corrected chi connectivity index (χ1v) is 6.55. The van der Waals surface area contributed by atoms with Crippen molar-refractivity contribution in [2.45, 2.75) is 26.8 Å². The molecule has 0 radical (unpaired) electrons. The second kappa shape index (κ2) is 5.71. The number of methoxy groups -OCH3 is 1. The number of hydrogen-bond donors (Lipinski definition) is 0. The predicted molar refractivity (Wildman–Crippen MR) is 74.9 cm³/mol. The predicted octanol–water partition coefficient (Wildman–Crippen LogP) is 1.95. The maximum atomic E-state index is 6.18. The van der Waals surface area contributed by atoms with Gasteiger partial charge in [0.1, 0.15) is 17.3 Å². The van der Waals surface area contributed by atoms with Crippen LogP contribution in [0.4, 0.5) is 5.82 Å². The third-order valence-electron chi connectivity index (χ3n) is 3.01. The highest BCUT2D eigenvalue weighted by Gasteiger charge is 2.20. The largest absolute Gasteiger partial charge is 0.383 e. The Kier molecular flexibility index (Phi) is 4.21. The molecule has 0 aliphatic rings. The van der Waals surface area contributed by atoms with Crippen molar-refractivity contribution in [1.29, 1.82) is 0 Å². The molecule has 0 fully saturated rings. The average molecular weight is 284 g/mol. The highest BCUT2D eigenvalue weighted by Crippen LogP contribution is 2.26. The van der Waals surface area contributed by atoms with Crippen molar-refractivity contribution >= 4 is 23.2 Å². The van der Waals surface area contributed by atoms with Gasteiger partial charge in [-0.3, -0.25) is 0 Å². The lowest BCUT2D eigenvalue weighted by Gasteiger charge is -2.30. The lowest BCUT2D eigenvalue weighted by atomic mass is 10.2. The molecule has 2 aromatic heterocycles. The normalized spacial score (nSPS) is 11.5. The number of hydrogen-bond acceptors (Lipinski definition) is 5. The van der Waals surface area contributed by atoms with Crippen LogP contribution in [0.5, 0.6) is 0 Å². The van der Waals surface area contributed by atoms with E-state index in [0.717, 1.165) is 17.9 Å². The van der Waals surface area contributed by atoms with E-state index in [-0.39, 0.29) is 0 Å². The van der Waals surface area contributed by atoms with Gasteiger partial charge in [-0.15, -0.1) is 0 Å². The summed E-state index contributed by atoms with van der Waals surface area (Å²) in [6.07, 6.45) is 1.48. The van der Waals surface area contributed by atoms with Gasteiger partial charge in [-0.05, 0) is 20.8 Å². The summed E-state index contributed by atoms with van der Waals surface area (Å²) in [6.45, 7) is 7.56. The Morgan fingerprint density at radius 2 is 2.21 bits per heavy atom. The number of anilines is 1. The number of ether oxygens (including phenoxy) is 1. The van der Waals surface area contributed by atoms with Gasteiger partial charge in [0.2, 0.25) is 0 Å². The van der Waals surface area contributed by atoms with E-state index in [9.17, 15) is 0 Å². The minimum Gasteiger partial charge on any atom is -0.383 e. The van der Waals surface area contributed by atoms with E-state index in [0.29, 0.717) is 23.6 Å². The van der Waals surface area contributed by atoms with Crippen LogP contribution < -0.4 is 4.90 Å². The van der Waals surface area contributed by atoms with E-state index in [1.54, 1.807) is 11.6 Å². The molecule has 2 rings (SSSR count). The van der Waals surface area contributed by atoms with Gasteiger partial charge in [-0.2, -0.15) is 19.6 Å². The molecule has 7 heteroatoms. The molecule has 6 nitrogen and oxygen atoms in total. The maximum Gasteiger partial charge on any atom is 0.255 e. The third kappa shape index (κ3) is 2.64. The summed E-state index contributed by atoms with van der Waals surface area (Å²) in [5.74, 6) is 1.42. The van der Waals surface area contributed by atoms with Crippen molar-refractivity contribution in [3.8, 4) is 0 Å². The molecular formula is C12H18ClN5O. The molecule has 0 saturated carbocycles. The van der Waals surface area contributed by atoms with Gasteiger partial charge in [0.15, 0.2) is 0 Å². The van der Waals surface area contributed by atoms with Crippen LogP contribution in [0.1, 0.15) is 19.4 Å². The van der Waals surface area contributed by atoms with E-state index in [1.165, 1.54) is 6.33 Å². The van der Waals surface area contributed by atoms with Gasteiger partial charge in [0.05, 0.1) is 6.61 Å². The molecule has 0 saturated heterocycles. The Hall–Kier alpha value is -1.40. The Morgan fingerprint density at radius 1 is 1.47 bits per heavy atom. The van der Waals surface area contributed by atoms with E-state index in [4.69, 9.17) is 16.3 Å². The van der Waals surface area contributed by atoms with Crippen LogP contribution in [0.3, 0.4) is 0 Å². The smallest absolute Gasteiger partial charge is 0.255 e. The first-order chi connectivity index (χ1) is 9.06. The van der Waals surface area contributed by atoms with Gasteiger partial charge >= 0.3 is 0 Å². The summed E-state index contributed by atoms with van der Waals surface area (Å²) in [4.78, 5) is 10.5. The van der Waals surface area contributed by atoms with Crippen molar-refractivity contribution in [2.24, 2.45) is 0 Å². The molecule has 0 aliphatic carbocycles. The summed E-state index contributed by atoms with van der Waals surface area (Å²) >= 11 is 6.18. The van der Waals surface area contributed by atoms with Gasteiger partial charge in [-0.25, -0.2) is 0 Å². The van der Waals surface area contributed by atoms with Crippen LogP contribution in [0.25, 0.3) is 5.78 Å². The fourth-order valence-electron chi connectivity index (χ4n) is 2.02.